The molecule has 2 aromatic rings. The van der Waals surface area contributed by atoms with Gasteiger partial charge < -0.3 is 20.5 Å². The molecular formula is C26H24N2O5. The van der Waals surface area contributed by atoms with Crippen LogP contribution in [0.5, 0.6) is 0 Å². The number of primary amides is 1. The molecule has 2 aromatic carbocycles. The molecule has 2 aliphatic rings. The highest BCUT2D eigenvalue weighted by Gasteiger charge is 2.42. The number of rotatable bonds is 8. The van der Waals surface area contributed by atoms with E-state index in [1.54, 1.807) is 18.4 Å². The van der Waals surface area contributed by atoms with Gasteiger partial charge in [-0.15, -0.1) is 0 Å². The number of fused-ring (bicyclic) bond motifs is 1. The number of ether oxygens (including phenoxy) is 1. The molecule has 7 heteroatoms. The molecule has 0 saturated carbocycles. The van der Waals surface area contributed by atoms with E-state index in [0.29, 0.717) is 23.5 Å². The number of nitrogens with zero attached hydrogens (tertiary/aromatic N) is 1. The van der Waals surface area contributed by atoms with Gasteiger partial charge in [0, 0.05) is 29.8 Å². The summed E-state index contributed by atoms with van der Waals surface area (Å²) in [7, 11) is 0. The van der Waals surface area contributed by atoms with Crippen molar-refractivity contribution in [3.8, 4) is 11.1 Å². The third kappa shape index (κ3) is 4.43. The smallest absolute Gasteiger partial charge is 0.341 e. The van der Waals surface area contributed by atoms with E-state index in [9.17, 15) is 14.4 Å². The summed E-state index contributed by atoms with van der Waals surface area (Å²) in [4.78, 5) is 37.3. The van der Waals surface area contributed by atoms with Crippen LogP contribution in [0.4, 0.5) is 0 Å². The lowest BCUT2D eigenvalue weighted by Gasteiger charge is -2.30. The highest BCUT2D eigenvalue weighted by Crippen LogP contribution is 2.40. The van der Waals surface area contributed by atoms with Crippen molar-refractivity contribution in [1.82, 2.24) is 4.90 Å². The maximum atomic E-state index is 12.7. The van der Waals surface area contributed by atoms with E-state index in [1.807, 2.05) is 42.2 Å². The van der Waals surface area contributed by atoms with Crippen LogP contribution < -0.4 is 5.73 Å². The minimum absolute atomic E-state index is 0.142. The van der Waals surface area contributed by atoms with E-state index in [0.717, 1.165) is 16.7 Å². The predicted octanol–water partition coefficient (Wildman–Crippen LogP) is 3.04. The summed E-state index contributed by atoms with van der Waals surface area (Å²) in [5.74, 6) is -2.86. The van der Waals surface area contributed by atoms with Gasteiger partial charge in [0.2, 0.25) is 5.78 Å². The molecule has 0 aliphatic carbocycles. The van der Waals surface area contributed by atoms with Gasteiger partial charge in [0.05, 0.1) is 5.70 Å². The number of carboxylic acids is 1. The van der Waals surface area contributed by atoms with Gasteiger partial charge in [-0.05, 0) is 29.2 Å². The second kappa shape index (κ2) is 9.16. The number of ketones is 1. The van der Waals surface area contributed by atoms with E-state index in [-0.39, 0.29) is 12.0 Å². The number of aliphatic carboxylic acids is 1. The molecule has 33 heavy (non-hydrogen) atoms. The zero-order valence-corrected chi connectivity index (χ0v) is 18.1. The molecule has 2 heterocycles. The van der Waals surface area contributed by atoms with Crippen LogP contribution in [0.2, 0.25) is 0 Å². The van der Waals surface area contributed by atoms with Gasteiger partial charge in [-0.1, -0.05) is 61.5 Å². The van der Waals surface area contributed by atoms with Crippen LogP contribution in [0.25, 0.3) is 11.1 Å². The number of hydrogen-bond donors (Lipinski definition) is 2. The maximum absolute atomic E-state index is 12.7. The van der Waals surface area contributed by atoms with Crippen LogP contribution >= 0.6 is 0 Å². The summed E-state index contributed by atoms with van der Waals surface area (Å²) in [5.41, 5.74) is 9.47. The van der Waals surface area contributed by atoms with Crippen molar-refractivity contribution in [2.75, 3.05) is 6.61 Å². The summed E-state index contributed by atoms with van der Waals surface area (Å²) in [5, 5.41) is 8.90. The Morgan fingerprint density at radius 3 is 2.45 bits per heavy atom. The lowest BCUT2D eigenvalue weighted by Crippen LogP contribution is -2.33. The first-order chi connectivity index (χ1) is 15.9. The third-order valence-electron chi connectivity index (χ3n) is 5.98. The fourth-order valence-electron chi connectivity index (χ4n) is 4.45. The van der Waals surface area contributed by atoms with E-state index in [4.69, 9.17) is 15.6 Å². The van der Waals surface area contributed by atoms with Crippen LogP contribution in [0.1, 0.15) is 12.5 Å². The SMILES string of the molecule is C[C@@H]1C(C(=O)C(N)=O)=C2C=C(OCC(=O)O)C=CN2C1Cc1ccccc1-c1ccccc1. The molecule has 0 spiro atoms. The number of carbonyl (C=O) groups is 3. The van der Waals surface area contributed by atoms with Crippen molar-refractivity contribution >= 4 is 17.7 Å². The Bertz CT molecular complexity index is 1200. The van der Waals surface area contributed by atoms with Gasteiger partial charge in [-0.2, -0.15) is 0 Å². The molecule has 3 N–H and O–H groups in total. The number of amides is 1. The Morgan fingerprint density at radius 2 is 1.76 bits per heavy atom. The third-order valence-corrected chi connectivity index (χ3v) is 5.98. The highest BCUT2D eigenvalue weighted by molar-refractivity contribution is 6.42. The predicted molar refractivity (Wildman–Crippen MR) is 122 cm³/mol. The number of carbonyl (C=O) groups excluding carboxylic acids is 2. The zero-order chi connectivity index (χ0) is 23.5. The topological polar surface area (TPSA) is 110 Å². The van der Waals surface area contributed by atoms with Gasteiger partial charge in [0.25, 0.3) is 5.91 Å². The Balaban J connectivity index is 1.69. The molecule has 1 amide bonds. The van der Waals surface area contributed by atoms with Crippen molar-refractivity contribution in [3.05, 3.63) is 95.5 Å². The van der Waals surface area contributed by atoms with E-state index in [1.165, 1.54) is 0 Å². The van der Waals surface area contributed by atoms with E-state index < -0.39 is 24.3 Å². The first-order valence-electron chi connectivity index (χ1n) is 10.6. The Labute approximate surface area is 191 Å². The van der Waals surface area contributed by atoms with E-state index in [2.05, 4.69) is 24.3 Å². The lowest BCUT2D eigenvalue weighted by atomic mass is 9.87. The van der Waals surface area contributed by atoms with Gasteiger partial charge in [-0.3, -0.25) is 9.59 Å². The van der Waals surface area contributed by atoms with Crippen molar-refractivity contribution in [3.63, 3.8) is 0 Å². The first-order valence-corrected chi connectivity index (χ1v) is 10.6. The standard InChI is InChI=1S/C26H24N2O5/c1-16-21(13-18-9-5-6-10-20(18)17-7-3-2-4-8-17)28-12-11-19(33-15-23(29)30)14-22(28)24(16)25(31)26(27)32/h2-12,14,16,21H,13,15H2,1H3,(H2,27,32)(H,29,30)/t16-,21?/m0/s1. The molecule has 168 valence electrons. The van der Waals surface area contributed by atoms with Crippen LogP contribution in [-0.4, -0.2) is 40.3 Å². The molecular weight excluding hydrogens is 420 g/mol. The van der Waals surface area contributed by atoms with Gasteiger partial charge in [0.15, 0.2) is 6.61 Å². The van der Waals surface area contributed by atoms with Gasteiger partial charge in [0.1, 0.15) is 5.76 Å². The quantitative estimate of drug-likeness (QED) is 0.606. The summed E-state index contributed by atoms with van der Waals surface area (Å²) in [6.45, 7) is 1.39. The normalized spacial score (nSPS) is 19.2. The first kappa shape index (κ1) is 22.1. The van der Waals surface area contributed by atoms with Crippen molar-refractivity contribution < 1.29 is 24.2 Å². The van der Waals surface area contributed by atoms with Crippen LogP contribution in [0.15, 0.2) is 90.0 Å². The average Bonchev–Trinajstić information content (AvgIpc) is 3.08. The monoisotopic (exact) mass is 444 g/mol. The molecule has 0 radical (unpaired) electrons. The molecule has 4 rings (SSSR count). The average molecular weight is 444 g/mol. The molecule has 0 bridgehead atoms. The minimum Gasteiger partial charge on any atom is -0.482 e. The second-order valence-electron chi connectivity index (χ2n) is 8.03. The molecule has 2 atom stereocenters. The number of benzene rings is 2. The minimum atomic E-state index is -1.11. The number of carboxylic acid groups (broad SMARTS) is 1. The maximum Gasteiger partial charge on any atom is 0.341 e. The molecule has 0 saturated heterocycles. The molecule has 2 aliphatic heterocycles. The Kier molecular flexibility index (Phi) is 6.13. The molecule has 0 fully saturated rings. The fraction of sp³-hybridized carbons (Fsp3) is 0.192. The number of hydrogen-bond acceptors (Lipinski definition) is 5. The molecule has 1 unspecified atom stereocenters. The van der Waals surface area contributed by atoms with E-state index >= 15 is 0 Å². The zero-order valence-electron chi connectivity index (χ0n) is 18.1. The Hall–Kier alpha value is -4.13. The second-order valence-corrected chi connectivity index (χ2v) is 8.03. The largest absolute Gasteiger partial charge is 0.482 e. The number of nitrogens with two attached hydrogens (primary N) is 1. The van der Waals surface area contributed by atoms with Crippen molar-refractivity contribution in [2.45, 2.75) is 19.4 Å². The summed E-state index contributed by atoms with van der Waals surface area (Å²) < 4.78 is 5.29. The summed E-state index contributed by atoms with van der Waals surface area (Å²) in [6, 6.07) is 18.0. The van der Waals surface area contributed by atoms with Crippen LogP contribution in [0.3, 0.4) is 0 Å². The highest BCUT2D eigenvalue weighted by atomic mass is 16.5. The Morgan fingerprint density at radius 1 is 1.06 bits per heavy atom. The van der Waals surface area contributed by atoms with Crippen molar-refractivity contribution in [2.24, 2.45) is 11.7 Å². The molecule has 7 nitrogen and oxygen atoms in total. The van der Waals surface area contributed by atoms with Gasteiger partial charge >= 0.3 is 5.97 Å². The molecule has 0 aromatic heterocycles. The van der Waals surface area contributed by atoms with Gasteiger partial charge in [-0.25, -0.2) is 4.79 Å². The van der Waals surface area contributed by atoms with Crippen LogP contribution in [-0.2, 0) is 25.5 Å². The summed E-state index contributed by atoms with van der Waals surface area (Å²) >= 11 is 0. The van der Waals surface area contributed by atoms with Crippen molar-refractivity contribution in [1.29, 1.82) is 0 Å². The fourth-order valence-corrected chi connectivity index (χ4v) is 4.45. The lowest BCUT2D eigenvalue weighted by molar-refractivity contribution is -0.140. The number of allylic oxidation sites excluding steroid dienone is 2. The summed E-state index contributed by atoms with van der Waals surface area (Å²) in [6.07, 6.45) is 5.64. The van der Waals surface area contributed by atoms with Crippen LogP contribution in [0, 0.1) is 5.92 Å². The number of Topliss-reactive ketones (excluding diaryl/α,β-unsaturated/α-hetero) is 1.